The Balaban J connectivity index is 1.95. The lowest BCUT2D eigenvalue weighted by Gasteiger charge is -2.24. The largest absolute Gasteiger partial charge is 0.237 e. The summed E-state index contributed by atoms with van der Waals surface area (Å²) in [6, 6.07) is 2.88. The van der Waals surface area contributed by atoms with E-state index in [0.717, 1.165) is 23.7 Å². The maximum Gasteiger partial charge on any atom is 0.212 e. The van der Waals surface area contributed by atoms with Crippen LogP contribution in [0.3, 0.4) is 0 Å². The van der Waals surface area contributed by atoms with Gasteiger partial charge in [0.25, 0.3) is 0 Å². The van der Waals surface area contributed by atoms with Crippen molar-refractivity contribution >= 4 is 10.0 Å². The molecule has 3 rings (SSSR count). The Morgan fingerprint density at radius 3 is 2.67 bits per heavy atom. The maximum atomic E-state index is 13.5. The van der Waals surface area contributed by atoms with Crippen molar-refractivity contribution in [2.24, 2.45) is 0 Å². The Morgan fingerprint density at radius 2 is 2.00 bits per heavy atom. The molecule has 0 amide bonds. The first-order valence-corrected chi connectivity index (χ1v) is 9.58. The quantitative estimate of drug-likeness (QED) is 0.897. The molecule has 1 aliphatic rings. The number of sulfonamides is 1. The molecule has 1 aromatic carbocycles. The third kappa shape index (κ3) is 3.49. The zero-order chi connectivity index (χ0) is 17.3. The predicted octanol–water partition coefficient (Wildman–Crippen LogP) is 2.86. The van der Waals surface area contributed by atoms with Crippen LogP contribution < -0.4 is 4.72 Å². The molecule has 8 heteroatoms. The summed E-state index contributed by atoms with van der Waals surface area (Å²) in [5, 5.41) is 4.23. The number of benzene rings is 1. The van der Waals surface area contributed by atoms with E-state index in [1.165, 1.54) is 16.8 Å². The molecule has 0 spiro atoms. The third-order valence-electron chi connectivity index (χ3n) is 4.07. The van der Waals surface area contributed by atoms with Crippen molar-refractivity contribution in [3.8, 4) is 5.69 Å². The predicted molar refractivity (Wildman–Crippen MR) is 86.4 cm³/mol. The van der Waals surface area contributed by atoms with E-state index in [0.29, 0.717) is 24.9 Å². The van der Waals surface area contributed by atoms with Crippen LogP contribution in [0.1, 0.15) is 43.5 Å². The molecule has 0 radical (unpaired) electrons. The molecule has 0 saturated carbocycles. The fourth-order valence-corrected chi connectivity index (χ4v) is 4.44. The second-order valence-electron chi connectivity index (χ2n) is 5.97. The third-order valence-corrected chi connectivity index (χ3v) is 5.66. The van der Waals surface area contributed by atoms with Crippen molar-refractivity contribution in [2.45, 2.75) is 38.6 Å². The van der Waals surface area contributed by atoms with Gasteiger partial charge in [0.2, 0.25) is 10.0 Å². The highest BCUT2D eigenvalue weighted by molar-refractivity contribution is 7.89. The molecule has 2 aromatic rings. The molecule has 24 heavy (non-hydrogen) atoms. The summed E-state index contributed by atoms with van der Waals surface area (Å²) in [5.74, 6) is -1.28. The number of nitrogens with zero attached hydrogens (tertiary/aromatic N) is 2. The summed E-state index contributed by atoms with van der Waals surface area (Å²) in [4.78, 5) is 0. The number of halogens is 2. The summed E-state index contributed by atoms with van der Waals surface area (Å²) in [5.41, 5.74) is 1.85. The lowest BCUT2D eigenvalue weighted by molar-refractivity contribution is 0.501. The van der Waals surface area contributed by atoms with Gasteiger partial charge in [-0.15, -0.1) is 0 Å². The van der Waals surface area contributed by atoms with Gasteiger partial charge in [0, 0.05) is 17.3 Å². The van der Waals surface area contributed by atoms with Gasteiger partial charge in [0.05, 0.1) is 23.7 Å². The van der Waals surface area contributed by atoms with Crippen LogP contribution in [0.4, 0.5) is 8.78 Å². The zero-order valence-electron chi connectivity index (χ0n) is 13.3. The summed E-state index contributed by atoms with van der Waals surface area (Å²) < 4.78 is 55.2. The summed E-state index contributed by atoms with van der Waals surface area (Å²) in [6.45, 7) is 1.81. The van der Waals surface area contributed by atoms with E-state index in [1.807, 2.05) is 6.92 Å². The molecule has 0 unspecified atom stereocenters. The van der Waals surface area contributed by atoms with Crippen molar-refractivity contribution in [1.29, 1.82) is 0 Å². The molecule has 1 aliphatic carbocycles. The molecular formula is C16H19F2N3O2S. The average molecular weight is 355 g/mol. The highest BCUT2D eigenvalue weighted by Gasteiger charge is 2.28. The molecule has 1 aromatic heterocycles. The minimum atomic E-state index is -3.35. The number of hydrogen-bond donors (Lipinski definition) is 1. The fourth-order valence-electron chi connectivity index (χ4n) is 3.11. The van der Waals surface area contributed by atoms with Gasteiger partial charge in [-0.1, -0.05) is 6.92 Å². The summed E-state index contributed by atoms with van der Waals surface area (Å²) in [7, 11) is -3.35. The van der Waals surface area contributed by atoms with Gasteiger partial charge >= 0.3 is 0 Å². The number of hydrogen-bond acceptors (Lipinski definition) is 3. The molecule has 5 nitrogen and oxygen atoms in total. The molecular weight excluding hydrogens is 336 g/mol. The van der Waals surface area contributed by atoms with Crippen LogP contribution in [-0.2, 0) is 16.4 Å². The van der Waals surface area contributed by atoms with Gasteiger partial charge in [0.1, 0.15) is 11.6 Å². The van der Waals surface area contributed by atoms with Crippen molar-refractivity contribution in [2.75, 3.05) is 5.75 Å². The first-order chi connectivity index (χ1) is 11.4. The Hall–Kier alpha value is -1.80. The van der Waals surface area contributed by atoms with Crippen molar-refractivity contribution in [1.82, 2.24) is 14.5 Å². The fraction of sp³-hybridized carbons (Fsp3) is 0.438. The van der Waals surface area contributed by atoms with Crippen LogP contribution in [0.2, 0.25) is 0 Å². The molecule has 1 heterocycles. The van der Waals surface area contributed by atoms with Crippen LogP contribution in [0.25, 0.3) is 5.69 Å². The minimum Gasteiger partial charge on any atom is -0.237 e. The van der Waals surface area contributed by atoms with E-state index >= 15 is 0 Å². The lowest BCUT2D eigenvalue weighted by atomic mass is 9.94. The van der Waals surface area contributed by atoms with Crippen molar-refractivity contribution in [3.63, 3.8) is 0 Å². The number of nitrogens with one attached hydrogen (secondary N) is 1. The van der Waals surface area contributed by atoms with Crippen LogP contribution >= 0.6 is 0 Å². The smallest absolute Gasteiger partial charge is 0.212 e. The minimum absolute atomic E-state index is 0.0715. The Morgan fingerprint density at radius 1 is 1.29 bits per heavy atom. The molecule has 0 saturated heterocycles. The average Bonchev–Trinajstić information content (AvgIpc) is 2.90. The van der Waals surface area contributed by atoms with Gasteiger partial charge in [-0.2, -0.15) is 5.10 Å². The Labute approximate surface area is 139 Å². The SMILES string of the molecule is CCCS(=O)(=O)N[C@H]1CCCc2c1cnn2-c1cc(F)cc(F)c1. The van der Waals surface area contributed by atoms with E-state index in [2.05, 4.69) is 9.82 Å². The Bertz CT molecular complexity index is 829. The highest BCUT2D eigenvalue weighted by atomic mass is 32.2. The van der Waals surface area contributed by atoms with Crippen LogP contribution in [0.15, 0.2) is 24.4 Å². The number of fused-ring (bicyclic) bond motifs is 1. The molecule has 1 atom stereocenters. The number of rotatable bonds is 5. The normalized spacial score (nSPS) is 17.7. The van der Waals surface area contributed by atoms with E-state index in [4.69, 9.17) is 0 Å². The first kappa shape index (κ1) is 17.0. The second-order valence-corrected chi connectivity index (χ2v) is 7.84. The van der Waals surface area contributed by atoms with Gasteiger partial charge in [-0.3, -0.25) is 0 Å². The topological polar surface area (TPSA) is 64.0 Å². The lowest BCUT2D eigenvalue weighted by Crippen LogP contribution is -2.32. The summed E-state index contributed by atoms with van der Waals surface area (Å²) in [6.07, 6.45) is 4.25. The van der Waals surface area contributed by atoms with E-state index < -0.39 is 21.7 Å². The first-order valence-electron chi connectivity index (χ1n) is 7.93. The van der Waals surface area contributed by atoms with E-state index in [-0.39, 0.29) is 11.8 Å². The number of aromatic nitrogens is 2. The van der Waals surface area contributed by atoms with Crippen molar-refractivity contribution < 1.29 is 17.2 Å². The monoisotopic (exact) mass is 355 g/mol. The highest BCUT2D eigenvalue weighted by Crippen LogP contribution is 2.31. The molecule has 0 aliphatic heterocycles. The second kappa shape index (κ2) is 6.60. The van der Waals surface area contributed by atoms with Gasteiger partial charge in [0.15, 0.2) is 0 Å². The van der Waals surface area contributed by atoms with Gasteiger partial charge in [-0.25, -0.2) is 26.6 Å². The van der Waals surface area contributed by atoms with Crippen molar-refractivity contribution in [3.05, 3.63) is 47.3 Å². The van der Waals surface area contributed by atoms with Crippen LogP contribution in [0, 0.1) is 11.6 Å². The van der Waals surface area contributed by atoms with Gasteiger partial charge in [-0.05, 0) is 37.8 Å². The Kier molecular flexibility index (Phi) is 4.69. The molecule has 1 N–H and O–H groups in total. The van der Waals surface area contributed by atoms with E-state index in [9.17, 15) is 17.2 Å². The maximum absolute atomic E-state index is 13.5. The summed E-state index contributed by atoms with van der Waals surface area (Å²) >= 11 is 0. The molecule has 130 valence electrons. The van der Waals surface area contributed by atoms with Crippen LogP contribution in [-0.4, -0.2) is 24.0 Å². The van der Waals surface area contributed by atoms with E-state index in [1.54, 1.807) is 6.20 Å². The molecule has 0 fully saturated rings. The molecule has 0 bridgehead atoms. The standard InChI is InChI=1S/C16H19F2N3O2S/c1-2-6-24(22,23)20-15-4-3-5-16-14(15)10-19-21(16)13-8-11(17)7-12(18)9-13/h7-10,15,20H,2-6H2,1H3/t15-/m0/s1. The zero-order valence-corrected chi connectivity index (χ0v) is 14.1. The van der Waals surface area contributed by atoms with Gasteiger partial charge < -0.3 is 0 Å². The van der Waals surface area contributed by atoms with Crippen LogP contribution in [0.5, 0.6) is 0 Å².